The fourth-order valence-corrected chi connectivity index (χ4v) is 4.36. The summed E-state index contributed by atoms with van der Waals surface area (Å²) in [6.45, 7) is 0. The van der Waals surface area contributed by atoms with Crippen LogP contribution in [0.1, 0.15) is 0 Å². The second-order valence-corrected chi connectivity index (χ2v) is 9.08. The van der Waals surface area contributed by atoms with Gasteiger partial charge in [0.15, 0.2) is 23.1 Å². The number of pyridine rings is 1. The van der Waals surface area contributed by atoms with Gasteiger partial charge in [-0.25, -0.2) is 17.8 Å². The van der Waals surface area contributed by atoms with Gasteiger partial charge in [-0.1, -0.05) is 12.1 Å². The van der Waals surface area contributed by atoms with Crippen LogP contribution in [-0.2, 0) is 10.0 Å². The molecular weight excluding hydrogens is 503 g/mol. The number of hydrogen-bond acceptors (Lipinski definition) is 10. The van der Waals surface area contributed by atoms with Crippen LogP contribution in [0.4, 0.5) is 33.2 Å². The van der Waals surface area contributed by atoms with Gasteiger partial charge in [0.1, 0.15) is 4.90 Å². The number of methoxy groups -OCH3 is 3. The van der Waals surface area contributed by atoms with Gasteiger partial charge in [0.05, 0.1) is 38.9 Å². The lowest BCUT2D eigenvalue weighted by molar-refractivity contribution is 0.324. The van der Waals surface area contributed by atoms with Crippen LogP contribution in [0, 0.1) is 5.82 Å². The number of sulfonamides is 1. The Morgan fingerprint density at radius 2 is 1.57 bits per heavy atom. The van der Waals surface area contributed by atoms with E-state index in [1.54, 1.807) is 30.3 Å². The van der Waals surface area contributed by atoms with Gasteiger partial charge in [-0.05, 0) is 24.3 Å². The van der Waals surface area contributed by atoms with Gasteiger partial charge in [-0.2, -0.15) is 4.98 Å². The van der Waals surface area contributed by atoms with Crippen molar-refractivity contribution in [2.45, 2.75) is 4.90 Å². The Labute approximate surface area is 212 Å². The van der Waals surface area contributed by atoms with Gasteiger partial charge in [-0.15, -0.1) is 0 Å². The van der Waals surface area contributed by atoms with Crippen LogP contribution in [0.3, 0.4) is 0 Å². The zero-order valence-electron chi connectivity index (χ0n) is 20.0. The standard InChI is InChI=1S/C24H23FN6O5S/c1-34-20-11-15(12-21(35-2)22(20)36-3)28-24-27-14-17(25)23(30-24)29-18-8-4-5-9-19(18)31-37(32,33)16-7-6-10-26-13-16/h4-14,31H,1-3H3,(H2,27,28,29,30). The SMILES string of the molecule is COc1cc(Nc2ncc(F)c(Nc3ccccc3NS(=O)(=O)c3cccnc3)n2)cc(OC)c1OC. The molecule has 0 amide bonds. The third-order valence-corrected chi connectivity index (χ3v) is 6.38. The number of nitrogens with one attached hydrogen (secondary N) is 3. The molecule has 3 N–H and O–H groups in total. The molecule has 0 saturated heterocycles. The van der Waals surface area contributed by atoms with E-state index in [9.17, 15) is 12.8 Å². The smallest absolute Gasteiger partial charge is 0.263 e. The van der Waals surface area contributed by atoms with Crippen molar-refractivity contribution in [3.05, 3.63) is 72.9 Å². The van der Waals surface area contributed by atoms with Crippen molar-refractivity contribution in [2.75, 3.05) is 36.7 Å². The monoisotopic (exact) mass is 526 g/mol. The Bertz CT molecular complexity index is 1480. The summed E-state index contributed by atoms with van der Waals surface area (Å²) in [6.07, 6.45) is 3.68. The number of rotatable bonds is 10. The van der Waals surface area contributed by atoms with E-state index in [4.69, 9.17) is 14.2 Å². The summed E-state index contributed by atoms with van der Waals surface area (Å²) in [5, 5.41) is 5.80. The summed E-state index contributed by atoms with van der Waals surface area (Å²) in [5.41, 5.74) is 0.950. The molecule has 0 saturated carbocycles. The first-order chi connectivity index (χ1) is 17.8. The number of anilines is 5. The van der Waals surface area contributed by atoms with E-state index in [1.165, 1.54) is 51.9 Å². The fraction of sp³-hybridized carbons (Fsp3) is 0.125. The number of benzene rings is 2. The molecule has 0 unspecified atom stereocenters. The lowest BCUT2D eigenvalue weighted by atomic mass is 10.2. The quantitative estimate of drug-likeness (QED) is 0.274. The summed E-state index contributed by atoms with van der Waals surface area (Å²) in [6, 6.07) is 12.6. The Hall–Kier alpha value is -4.65. The lowest BCUT2D eigenvalue weighted by Gasteiger charge is -2.16. The van der Waals surface area contributed by atoms with Crippen molar-refractivity contribution in [1.29, 1.82) is 0 Å². The van der Waals surface area contributed by atoms with Crippen molar-refractivity contribution in [3.63, 3.8) is 0 Å². The van der Waals surface area contributed by atoms with Gasteiger partial charge < -0.3 is 24.8 Å². The molecule has 0 aliphatic carbocycles. The molecule has 192 valence electrons. The highest BCUT2D eigenvalue weighted by Crippen LogP contribution is 2.40. The molecule has 4 rings (SSSR count). The first kappa shape index (κ1) is 25.4. The third kappa shape index (κ3) is 5.78. The van der Waals surface area contributed by atoms with Crippen LogP contribution in [-0.4, -0.2) is 44.7 Å². The van der Waals surface area contributed by atoms with Gasteiger partial charge >= 0.3 is 0 Å². The van der Waals surface area contributed by atoms with E-state index in [-0.39, 0.29) is 28.0 Å². The van der Waals surface area contributed by atoms with Crippen LogP contribution in [0.2, 0.25) is 0 Å². The highest BCUT2D eigenvalue weighted by Gasteiger charge is 2.18. The first-order valence-electron chi connectivity index (χ1n) is 10.7. The molecule has 0 radical (unpaired) electrons. The van der Waals surface area contributed by atoms with Crippen LogP contribution in [0.25, 0.3) is 0 Å². The lowest BCUT2D eigenvalue weighted by Crippen LogP contribution is -2.14. The Morgan fingerprint density at radius 1 is 0.865 bits per heavy atom. The number of halogens is 1. The summed E-state index contributed by atoms with van der Waals surface area (Å²) in [5.74, 6) is 0.340. The van der Waals surface area contributed by atoms with Gasteiger partial charge in [0.2, 0.25) is 11.7 Å². The molecule has 0 fully saturated rings. The number of aromatic nitrogens is 3. The van der Waals surface area contributed by atoms with Crippen molar-refractivity contribution in [1.82, 2.24) is 15.0 Å². The second-order valence-electron chi connectivity index (χ2n) is 7.39. The van der Waals surface area contributed by atoms with Crippen molar-refractivity contribution < 1.29 is 27.0 Å². The minimum Gasteiger partial charge on any atom is -0.493 e. The summed E-state index contributed by atoms with van der Waals surface area (Å²) >= 11 is 0. The molecule has 0 spiro atoms. The minimum atomic E-state index is -3.93. The zero-order valence-corrected chi connectivity index (χ0v) is 20.8. The molecule has 2 aromatic heterocycles. The first-order valence-corrected chi connectivity index (χ1v) is 12.2. The maximum absolute atomic E-state index is 14.6. The highest BCUT2D eigenvalue weighted by atomic mass is 32.2. The maximum atomic E-state index is 14.6. The fourth-order valence-electron chi connectivity index (χ4n) is 3.32. The molecule has 0 bridgehead atoms. The predicted octanol–water partition coefficient (Wildman–Crippen LogP) is 4.32. The summed E-state index contributed by atoms with van der Waals surface area (Å²) in [4.78, 5) is 12.0. The number of nitrogens with zero attached hydrogens (tertiary/aromatic N) is 3. The topological polar surface area (TPSA) is 137 Å². The summed E-state index contributed by atoms with van der Waals surface area (Å²) in [7, 11) is 0.525. The molecule has 0 atom stereocenters. The molecule has 2 aromatic carbocycles. The van der Waals surface area contributed by atoms with Crippen molar-refractivity contribution in [3.8, 4) is 17.2 Å². The van der Waals surface area contributed by atoms with Crippen LogP contribution in [0.15, 0.2) is 72.0 Å². The molecule has 13 heteroatoms. The number of para-hydroxylation sites is 2. The normalized spacial score (nSPS) is 10.9. The average molecular weight is 527 g/mol. The molecule has 11 nitrogen and oxygen atoms in total. The number of ether oxygens (including phenoxy) is 3. The Balaban J connectivity index is 1.61. The Kier molecular flexibility index (Phi) is 7.53. The molecule has 0 aliphatic heterocycles. The second kappa shape index (κ2) is 11.0. The van der Waals surface area contributed by atoms with E-state index in [0.717, 1.165) is 6.20 Å². The third-order valence-electron chi connectivity index (χ3n) is 5.03. The number of hydrogen-bond donors (Lipinski definition) is 3. The molecule has 4 aromatic rings. The highest BCUT2D eigenvalue weighted by molar-refractivity contribution is 7.92. The van der Waals surface area contributed by atoms with Gasteiger partial charge in [0.25, 0.3) is 10.0 Å². The van der Waals surface area contributed by atoms with E-state index in [2.05, 4.69) is 30.3 Å². The van der Waals surface area contributed by atoms with Gasteiger partial charge in [-0.3, -0.25) is 9.71 Å². The van der Waals surface area contributed by atoms with E-state index < -0.39 is 15.8 Å². The molecule has 37 heavy (non-hydrogen) atoms. The maximum Gasteiger partial charge on any atom is 0.263 e. The predicted molar refractivity (Wildman–Crippen MR) is 136 cm³/mol. The van der Waals surface area contributed by atoms with Crippen LogP contribution < -0.4 is 29.6 Å². The molecular formula is C24H23FN6O5S. The summed E-state index contributed by atoms with van der Waals surface area (Å²) < 4.78 is 58.7. The average Bonchev–Trinajstić information content (AvgIpc) is 2.91. The van der Waals surface area contributed by atoms with E-state index in [1.807, 2.05) is 0 Å². The van der Waals surface area contributed by atoms with Crippen LogP contribution >= 0.6 is 0 Å². The van der Waals surface area contributed by atoms with Crippen LogP contribution in [0.5, 0.6) is 17.2 Å². The molecule has 2 heterocycles. The minimum absolute atomic E-state index is 0.0187. The van der Waals surface area contributed by atoms with E-state index in [0.29, 0.717) is 22.9 Å². The molecule has 0 aliphatic rings. The van der Waals surface area contributed by atoms with Gasteiger partial charge in [0, 0.05) is 30.2 Å². The van der Waals surface area contributed by atoms with Crippen molar-refractivity contribution >= 4 is 38.9 Å². The van der Waals surface area contributed by atoms with E-state index >= 15 is 0 Å². The van der Waals surface area contributed by atoms with Crippen molar-refractivity contribution in [2.24, 2.45) is 0 Å². The zero-order chi connectivity index (χ0) is 26.4. The largest absolute Gasteiger partial charge is 0.493 e. The Morgan fingerprint density at radius 3 is 2.19 bits per heavy atom.